The largest absolute Gasteiger partial charge is 0.761 e. The zero-order chi connectivity index (χ0) is 24.2. The van der Waals surface area contributed by atoms with Crippen LogP contribution in [0.1, 0.15) is 119 Å². The molecule has 7 nitrogen and oxygen atoms in total. The van der Waals surface area contributed by atoms with Gasteiger partial charge in [0, 0.05) is 11.1 Å². The van der Waals surface area contributed by atoms with E-state index in [1.807, 2.05) is 0 Å². The van der Waals surface area contributed by atoms with Crippen LogP contribution in [0.15, 0.2) is 0 Å². The van der Waals surface area contributed by atoms with Gasteiger partial charge in [-0.1, -0.05) is 80.1 Å². The smallest absolute Gasteiger partial charge is 0.511 e. The van der Waals surface area contributed by atoms with Crippen LogP contribution in [0.2, 0.25) is 0 Å². The van der Waals surface area contributed by atoms with E-state index in [4.69, 9.17) is 25.5 Å². The van der Waals surface area contributed by atoms with Crippen molar-refractivity contribution in [3.8, 4) is 0 Å². The van der Waals surface area contributed by atoms with Crippen molar-refractivity contribution < 1.29 is 24.3 Å². The monoisotopic (exact) mass is 452 g/mol. The van der Waals surface area contributed by atoms with E-state index in [9.17, 15) is 10.2 Å². The zero-order valence-electron chi connectivity index (χ0n) is 20.5. The minimum absolute atomic E-state index is 0.322. The predicted molar refractivity (Wildman–Crippen MR) is 126 cm³/mol. The first-order valence-electron chi connectivity index (χ1n) is 11.8. The maximum Gasteiger partial charge on any atom is 0.761 e. The van der Waals surface area contributed by atoms with Crippen molar-refractivity contribution in [2.75, 3.05) is 0 Å². The Morgan fingerprint density at radius 3 is 0.967 bits per heavy atom. The van der Waals surface area contributed by atoms with Gasteiger partial charge in [-0.2, -0.15) is 0 Å². The molecule has 0 spiro atoms. The van der Waals surface area contributed by atoms with Crippen molar-refractivity contribution in [3.63, 3.8) is 0 Å². The molecule has 0 aliphatic rings. The molecule has 0 radical (unpaired) electrons. The van der Waals surface area contributed by atoms with E-state index in [1.165, 1.54) is 0 Å². The lowest BCUT2D eigenvalue weighted by atomic mass is 9.82. The Morgan fingerprint density at radius 1 is 0.633 bits per heavy atom. The molecule has 30 heavy (non-hydrogen) atoms. The Labute approximate surface area is 187 Å². The molecule has 184 valence electrons. The summed E-state index contributed by atoms with van der Waals surface area (Å²) < 4.78 is 8.74. The number of nitrogens with two attached hydrogens (primary N) is 2. The molecule has 0 heterocycles. The second kappa shape index (κ2) is 20.4. The van der Waals surface area contributed by atoms with Gasteiger partial charge < -0.3 is 31.3 Å². The molecule has 0 aromatic heterocycles. The van der Waals surface area contributed by atoms with Crippen molar-refractivity contribution in [1.82, 2.24) is 0 Å². The quantitative estimate of drug-likeness (QED) is 0.221. The number of hydrogen-bond acceptors (Lipinski definition) is 5. The molecule has 0 rings (SSSR count). The molecule has 0 saturated carbocycles. The first-order chi connectivity index (χ1) is 13.9. The summed E-state index contributed by atoms with van der Waals surface area (Å²) in [6.45, 7) is 12.7. The predicted octanol–water partition coefficient (Wildman–Crippen LogP) is 3.28. The van der Waals surface area contributed by atoms with Crippen molar-refractivity contribution in [2.45, 2.75) is 142 Å². The number of rotatable bonds is 14. The zero-order valence-corrected chi connectivity index (χ0v) is 21.5. The van der Waals surface area contributed by atoms with Crippen LogP contribution in [0.4, 0.5) is 0 Å². The lowest BCUT2D eigenvalue weighted by Crippen LogP contribution is -2.50. The summed E-state index contributed by atoms with van der Waals surface area (Å²) in [6, 6.07) is 0. The second-order valence-electron chi connectivity index (χ2n) is 8.36. The summed E-state index contributed by atoms with van der Waals surface area (Å²) in [6.07, 6.45) is 11.0. The summed E-state index contributed by atoms with van der Waals surface area (Å²) in [7, 11) is -3.13. The average molecular weight is 453 g/mol. The third kappa shape index (κ3) is 17.2. The highest BCUT2D eigenvalue weighted by atomic mass is 28.3. The fourth-order valence-electron chi connectivity index (χ4n) is 3.90. The third-order valence-corrected chi connectivity index (χ3v) is 5.31. The molecule has 2 unspecified atom stereocenters. The van der Waals surface area contributed by atoms with Crippen LogP contribution < -0.4 is 11.5 Å². The van der Waals surface area contributed by atoms with Crippen LogP contribution >= 0.6 is 0 Å². The van der Waals surface area contributed by atoms with Gasteiger partial charge in [0.1, 0.15) is 0 Å². The molecular formula is C22H52N2O5Si. The second-order valence-corrected chi connectivity index (χ2v) is 8.92. The molecule has 0 amide bonds. The number of hydrogen-bond donors (Lipinski definition) is 6. The van der Waals surface area contributed by atoms with Crippen LogP contribution in [0.5, 0.6) is 0 Å². The van der Waals surface area contributed by atoms with Gasteiger partial charge in [-0.25, -0.2) is 0 Å². The van der Waals surface area contributed by atoms with E-state index in [2.05, 4.69) is 41.5 Å². The lowest BCUT2D eigenvalue weighted by molar-refractivity contribution is 0.0632. The summed E-state index contributed by atoms with van der Waals surface area (Å²) in [5.74, 6) is 0. The standard InChI is InChI=1S/2C11H25NO.H2O3Si/c2*1-4-7-10(13)11(12,8-5-2)9-6-3;1-4(2)3/h2*10,13H,4-9,12H2,1-3H3;1-2H. The van der Waals surface area contributed by atoms with Gasteiger partial charge in [0.25, 0.3) is 0 Å². The molecule has 2 atom stereocenters. The van der Waals surface area contributed by atoms with Crippen LogP contribution in [0.25, 0.3) is 0 Å². The van der Waals surface area contributed by atoms with E-state index >= 15 is 0 Å². The van der Waals surface area contributed by atoms with E-state index in [0.717, 1.165) is 77.0 Å². The molecular weight excluding hydrogens is 400 g/mol. The Kier molecular flexibility index (Phi) is 23.1. The van der Waals surface area contributed by atoms with Gasteiger partial charge in [-0.05, 0) is 38.5 Å². The molecule has 8 heteroatoms. The summed E-state index contributed by atoms with van der Waals surface area (Å²) >= 11 is 0. The van der Waals surface area contributed by atoms with E-state index in [0.29, 0.717) is 0 Å². The Morgan fingerprint density at radius 2 is 0.833 bits per heavy atom. The topological polar surface area (TPSA) is 150 Å². The van der Waals surface area contributed by atoms with E-state index in [1.54, 1.807) is 0 Å². The van der Waals surface area contributed by atoms with Crippen LogP contribution in [-0.2, 0) is 4.46 Å². The first-order valence-corrected chi connectivity index (χ1v) is 13.1. The number of aliphatic hydroxyl groups excluding tert-OH is 2. The lowest BCUT2D eigenvalue weighted by Gasteiger charge is -2.34. The molecule has 0 aliphatic carbocycles. The molecule has 8 N–H and O–H groups in total. The van der Waals surface area contributed by atoms with Gasteiger partial charge in [0.05, 0.1) is 12.2 Å². The normalized spacial score (nSPS) is 13.4. The van der Waals surface area contributed by atoms with Gasteiger partial charge in [-0.3, -0.25) is 4.46 Å². The molecule has 0 saturated heterocycles. The van der Waals surface area contributed by atoms with Gasteiger partial charge in [0.2, 0.25) is 0 Å². The molecule has 0 aromatic carbocycles. The van der Waals surface area contributed by atoms with E-state index < -0.39 is 9.17 Å². The van der Waals surface area contributed by atoms with Gasteiger partial charge >= 0.3 is 9.17 Å². The highest BCUT2D eigenvalue weighted by Crippen LogP contribution is 2.24. The highest BCUT2D eigenvalue weighted by molar-refractivity contribution is 6.22. The minimum Gasteiger partial charge on any atom is -0.511 e. The summed E-state index contributed by atoms with van der Waals surface area (Å²) in [4.78, 5) is 14.3. The number of aliphatic hydroxyl groups is 2. The van der Waals surface area contributed by atoms with Crippen molar-refractivity contribution in [2.24, 2.45) is 11.5 Å². The van der Waals surface area contributed by atoms with Crippen LogP contribution in [0.3, 0.4) is 0 Å². The molecule has 0 bridgehead atoms. The maximum atomic E-state index is 9.91. The van der Waals surface area contributed by atoms with Crippen LogP contribution in [-0.4, -0.2) is 52.3 Å². The molecule has 0 aromatic rings. The van der Waals surface area contributed by atoms with Crippen molar-refractivity contribution in [1.29, 1.82) is 0 Å². The third-order valence-electron chi connectivity index (χ3n) is 5.31. The van der Waals surface area contributed by atoms with Crippen molar-refractivity contribution in [3.05, 3.63) is 0 Å². The fraction of sp³-hybridized carbons (Fsp3) is 1.00. The van der Waals surface area contributed by atoms with Crippen molar-refractivity contribution >= 4 is 9.17 Å². The SMILES string of the molecule is CCCC(O)C(N)(CCC)CCC.CCCC(O)C(N)(CCC)CCC.O=[Si](O)O. The highest BCUT2D eigenvalue weighted by Gasteiger charge is 2.31. The molecule has 0 fully saturated rings. The van der Waals surface area contributed by atoms with Gasteiger partial charge in [0.15, 0.2) is 0 Å². The molecule has 0 aliphatic heterocycles. The fourth-order valence-corrected chi connectivity index (χ4v) is 3.90. The van der Waals surface area contributed by atoms with E-state index in [-0.39, 0.29) is 23.3 Å². The van der Waals surface area contributed by atoms with Gasteiger partial charge in [-0.15, -0.1) is 0 Å². The first kappa shape index (κ1) is 34.1. The minimum atomic E-state index is -3.13. The summed E-state index contributed by atoms with van der Waals surface area (Å²) in [5.41, 5.74) is 11.7. The Hall–Kier alpha value is -0.543. The van der Waals surface area contributed by atoms with Crippen LogP contribution in [0, 0.1) is 0 Å². The Balaban J connectivity index is -0.000000412. The Bertz CT molecular complexity index is 354. The average Bonchev–Trinajstić information content (AvgIpc) is 2.63. The summed E-state index contributed by atoms with van der Waals surface area (Å²) in [5, 5.41) is 19.8. The maximum absolute atomic E-state index is 9.91.